The minimum absolute atomic E-state index is 0.00351. The summed E-state index contributed by atoms with van der Waals surface area (Å²) in [4.78, 5) is 13.4. The Kier molecular flexibility index (Phi) is 4.71. The van der Waals surface area contributed by atoms with Gasteiger partial charge in [-0.2, -0.15) is 13.2 Å². The molecule has 1 aromatic rings. The van der Waals surface area contributed by atoms with E-state index in [1.54, 1.807) is 0 Å². The number of nitrogens with zero attached hydrogens (tertiary/aromatic N) is 2. The van der Waals surface area contributed by atoms with Gasteiger partial charge in [0.05, 0.1) is 9.95 Å². The van der Waals surface area contributed by atoms with Crippen LogP contribution in [0.3, 0.4) is 0 Å². The van der Waals surface area contributed by atoms with Crippen molar-refractivity contribution in [2.75, 3.05) is 11.9 Å². The van der Waals surface area contributed by atoms with E-state index in [9.17, 15) is 23.3 Å². The molecule has 9 heteroatoms. The molecule has 0 radical (unpaired) electrons. The van der Waals surface area contributed by atoms with Gasteiger partial charge in [-0.05, 0) is 6.42 Å². The number of halogens is 4. The summed E-state index contributed by atoms with van der Waals surface area (Å²) in [6.45, 7) is 0.0318. The summed E-state index contributed by atoms with van der Waals surface area (Å²) < 4.78 is 35.6. The van der Waals surface area contributed by atoms with E-state index >= 15 is 0 Å². The van der Waals surface area contributed by atoms with Crippen molar-refractivity contribution in [1.29, 1.82) is 0 Å². The average Bonchev–Trinajstić information content (AvgIpc) is 2.24. The number of alkyl halides is 3. The van der Waals surface area contributed by atoms with Gasteiger partial charge in [0.25, 0.3) is 5.69 Å². The lowest BCUT2D eigenvalue weighted by molar-refractivity contribution is -0.385. The Hall–Kier alpha value is -1.57. The molecule has 0 unspecified atom stereocenters. The molecule has 18 heavy (non-hydrogen) atoms. The van der Waals surface area contributed by atoms with Crippen LogP contribution in [0.1, 0.15) is 12.8 Å². The zero-order valence-electron chi connectivity index (χ0n) is 9.00. The van der Waals surface area contributed by atoms with E-state index in [1.807, 2.05) is 0 Å². The number of hydrogen-bond donors (Lipinski definition) is 1. The molecule has 5 nitrogen and oxygen atoms in total. The van der Waals surface area contributed by atoms with Gasteiger partial charge in [0.15, 0.2) is 0 Å². The maximum atomic E-state index is 11.9. The van der Waals surface area contributed by atoms with Crippen molar-refractivity contribution in [2.24, 2.45) is 0 Å². The Labute approximate surface area is 105 Å². The molecule has 0 saturated heterocycles. The molecule has 0 spiro atoms. The maximum absolute atomic E-state index is 11.9. The van der Waals surface area contributed by atoms with Gasteiger partial charge in [0.2, 0.25) is 0 Å². The fourth-order valence-corrected chi connectivity index (χ4v) is 1.38. The summed E-state index contributed by atoms with van der Waals surface area (Å²) in [5.41, 5.74) is -0.277. The van der Waals surface area contributed by atoms with Gasteiger partial charge < -0.3 is 5.32 Å². The third-order valence-corrected chi connectivity index (χ3v) is 2.26. The quantitative estimate of drug-likeness (QED) is 0.511. The fourth-order valence-electron chi connectivity index (χ4n) is 1.15. The predicted molar refractivity (Wildman–Crippen MR) is 59.7 cm³/mol. The molecule has 1 heterocycles. The highest BCUT2D eigenvalue weighted by atomic mass is 35.5. The first-order chi connectivity index (χ1) is 8.29. The average molecular weight is 284 g/mol. The largest absolute Gasteiger partial charge is 0.389 e. The van der Waals surface area contributed by atoms with E-state index in [0.29, 0.717) is 0 Å². The van der Waals surface area contributed by atoms with Gasteiger partial charge in [-0.1, -0.05) is 11.6 Å². The number of aromatic nitrogens is 1. The Balaban J connectivity index is 2.51. The number of nitrogens with one attached hydrogen (secondary N) is 1. The molecule has 0 aromatic carbocycles. The fraction of sp³-hybridized carbons (Fsp3) is 0.444. The number of anilines is 1. The van der Waals surface area contributed by atoms with Crippen molar-refractivity contribution < 1.29 is 18.1 Å². The first kappa shape index (κ1) is 14.5. The molecule has 0 saturated carbocycles. The van der Waals surface area contributed by atoms with Crippen molar-refractivity contribution in [2.45, 2.75) is 19.0 Å². The third kappa shape index (κ3) is 4.74. The van der Waals surface area contributed by atoms with Gasteiger partial charge in [-0.25, -0.2) is 4.98 Å². The summed E-state index contributed by atoms with van der Waals surface area (Å²) in [6.07, 6.45) is -4.25. The molecule has 0 fully saturated rings. The molecule has 1 N–H and O–H groups in total. The molecule has 0 bridgehead atoms. The molecule has 0 aliphatic rings. The van der Waals surface area contributed by atoms with E-state index in [0.717, 1.165) is 12.3 Å². The van der Waals surface area contributed by atoms with Crippen molar-refractivity contribution in [3.8, 4) is 0 Å². The second-order valence-corrected chi connectivity index (χ2v) is 3.83. The van der Waals surface area contributed by atoms with Crippen molar-refractivity contribution in [3.05, 3.63) is 27.4 Å². The van der Waals surface area contributed by atoms with Crippen LogP contribution < -0.4 is 5.32 Å². The minimum Gasteiger partial charge on any atom is -0.369 e. The van der Waals surface area contributed by atoms with E-state index in [2.05, 4.69) is 10.3 Å². The van der Waals surface area contributed by atoms with Crippen LogP contribution in [0.15, 0.2) is 12.3 Å². The van der Waals surface area contributed by atoms with E-state index in [1.165, 1.54) is 0 Å². The Morgan fingerprint density at radius 2 is 2.17 bits per heavy atom. The minimum atomic E-state index is -4.20. The molecule has 0 aliphatic carbocycles. The van der Waals surface area contributed by atoms with Crippen LogP contribution in [-0.2, 0) is 0 Å². The highest BCUT2D eigenvalue weighted by Gasteiger charge is 2.25. The molecule has 1 aromatic heterocycles. The van der Waals surface area contributed by atoms with Crippen LogP contribution in [0.2, 0.25) is 5.02 Å². The third-order valence-electron chi connectivity index (χ3n) is 1.97. The molecular weight excluding hydrogens is 275 g/mol. The predicted octanol–water partition coefficient (Wildman–Crippen LogP) is 3.40. The second kappa shape index (κ2) is 5.85. The van der Waals surface area contributed by atoms with Crippen LogP contribution in [0.25, 0.3) is 0 Å². The SMILES string of the molecule is O=[N+]([O-])c1cnc(NCCCC(F)(F)F)c(Cl)c1. The summed E-state index contributed by atoms with van der Waals surface area (Å²) in [5.74, 6) is 0.129. The molecule has 100 valence electrons. The maximum Gasteiger partial charge on any atom is 0.389 e. The normalized spacial score (nSPS) is 11.3. The van der Waals surface area contributed by atoms with Gasteiger partial charge in [0.1, 0.15) is 12.0 Å². The monoisotopic (exact) mass is 283 g/mol. The highest BCUT2D eigenvalue weighted by molar-refractivity contribution is 6.33. The topological polar surface area (TPSA) is 68.1 Å². The number of nitro groups is 1. The first-order valence-electron chi connectivity index (χ1n) is 4.90. The van der Waals surface area contributed by atoms with Crippen molar-refractivity contribution in [1.82, 2.24) is 4.98 Å². The number of rotatable bonds is 5. The van der Waals surface area contributed by atoms with Crippen molar-refractivity contribution in [3.63, 3.8) is 0 Å². The lowest BCUT2D eigenvalue weighted by Crippen LogP contribution is -2.11. The number of hydrogen-bond acceptors (Lipinski definition) is 4. The van der Waals surface area contributed by atoms with Crippen molar-refractivity contribution >= 4 is 23.1 Å². The van der Waals surface area contributed by atoms with E-state index < -0.39 is 17.5 Å². The number of pyridine rings is 1. The summed E-state index contributed by atoms with van der Waals surface area (Å²) >= 11 is 5.69. The van der Waals surface area contributed by atoms with Crippen LogP contribution in [0, 0.1) is 10.1 Å². The summed E-state index contributed by atoms with van der Waals surface area (Å²) in [5, 5.41) is 13.0. The Morgan fingerprint density at radius 1 is 1.50 bits per heavy atom. The lowest BCUT2D eigenvalue weighted by Gasteiger charge is -2.08. The second-order valence-electron chi connectivity index (χ2n) is 3.43. The van der Waals surface area contributed by atoms with E-state index in [4.69, 9.17) is 11.6 Å². The summed E-state index contributed by atoms with van der Waals surface area (Å²) in [7, 11) is 0. The highest BCUT2D eigenvalue weighted by Crippen LogP contribution is 2.25. The Bertz CT molecular complexity index is 440. The van der Waals surface area contributed by atoms with Crippen LogP contribution in [0.5, 0.6) is 0 Å². The van der Waals surface area contributed by atoms with Crippen LogP contribution >= 0.6 is 11.6 Å². The van der Waals surface area contributed by atoms with Crippen LogP contribution in [0.4, 0.5) is 24.7 Å². The zero-order chi connectivity index (χ0) is 13.8. The van der Waals surface area contributed by atoms with E-state index in [-0.39, 0.29) is 29.5 Å². The van der Waals surface area contributed by atoms with Gasteiger partial charge in [-0.3, -0.25) is 10.1 Å². The van der Waals surface area contributed by atoms with Crippen LogP contribution in [-0.4, -0.2) is 22.6 Å². The molecule has 0 aliphatic heterocycles. The van der Waals surface area contributed by atoms with Gasteiger partial charge in [-0.15, -0.1) is 0 Å². The Morgan fingerprint density at radius 3 is 2.67 bits per heavy atom. The summed E-state index contributed by atoms with van der Waals surface area (Å²) in [6, 6.07) is 1.08. The molecule has 0 atom stereocenters. The molecular formula is C9H9ClF3N3O2. The first-order valence-corrected chi connectivity index (χ1v) is 5.28. The lowest BCUT2D eigenvalue weighted by atomic mass is 10.3. The van der Waals surface area contributed by atoms with Gasteiger partial charge in [0, 0.05) is 19.0 Å². The smallest absolute Gasteiger partial charge is 0.369 e. The molecule has 0 amide bonds. The molecule has 1 rings (SSSR count). The zero-order valence-corrected chi connectivity index (χ0v) is 9.75. The van der Waals surface area contributed by atoms with Gasteiger partial charge >= 0.3 is 6.18 Å². The standard InChI is InChI=1S/C9H9ClF3N3O2/c10-7-4-6(16(17)18)5-15-8(7)14-3-1-2-9(11,12)13/h4-5H,1-3H2,(H,14,15).